The van der Waals surface area contributed by atoms with E-state index in [1.807, 2.05) is 0 Å². The summed E-state index contributed by atoms with van der Waals surface area (Å²) in [7, 11) is 0. The standard InChI is InChI=1S/C17H27N3OS/c1-4-17(9-12-5-6-14(17)19-12)16(21)18-8-7-15-20-13(10-22-15)11(2)3/h10-12,14,19H,4-9H2,1-3H3,(H,18,21)/t12-,14+,17+/m0/s1. The van der Waals surface area contributed by atoms with Crippen LogP contribution in [-0.4, -0.2) is 29.5 Å². The summed E-state index contributed by atoms with van der Waals surface area (Å²) >= 11 is 1.70. The lowest BCUT2D eigenvalue weighted by Crippen LogP contribution is -2.48. The summed E-state index contributed by atoms with van der Waals surface area (Å²) in [6.07, 6.45) is 5.16. The van der Waals surface area contributed by atoms with Crippen molar-refractivity contribution >= 4 is 17.2 Å². The first kappa shape index (κ1) is 15.9. The summed E-state index contributed by atoms with van der Waals surface area (Å²) in [5.74, 6) is 0.721. The first-order valence-corrected chi connectivity index (χ1v) is 9.41. The Bertz CT molecular complexity index is 542. The van der Waals surface area contributed by atoms with E-state index < -0.39 is 0 Å². The van der Waals surface area contributed by atoms with Gasteiger partial charge in [-0.25, -0.2) is 4.98 Å². The number of carbonyl (C=O) groups excluding carboxylic acids is 1. The Labute approximate surface area is 137 Å². The minimum absolute atomic E-state index is 0.172. The maximum Gasteiger partial charge on any atom is 0.227 e. The van der Waals surface area contributed by atoms with Gasteiger partial charge in [0, 0.05) is 30.4 Å². The van der Waals surface area contributed by atoms with Crippen LogP contribution in [0.15, 0.2) is 5.38 Å². The predicted molar refractivity (Wildman–Crippen MR) is 90.2 cm³/mol. The molecule has 3 rings (SSSR count). The Morgan fingerprint density at radius 2 is 2.36 bits per heavy atom. The van der Waals surface area contributed by atoms with Crippen molar-refractivity contribution in [3.63, 3.8) is 0 Å². The van der Waals surface area contributed by atoms with E-state index in [9.17, 15) is 4.79 Å². The molecule has 5 heteroatoms. The van der Waals surface area contributed by atoms with Gasteiger partial charge in [-0.05, 0) is 31.6 Å². The van der Waals surface area contributed by atoms with Gasteiger partial charge in [0.05, 0.1) is 16.1 Å². The molecule has 22 heavy (non-hydrogen) atoms. The molecule has 2 aliphatic heterocycles. The largest absolute Gasteiger partial charge is 0.355 e. The van der Waals surface area contributed by atoms with E-state index in [4.69, 9.17) is 0 Å². The van der Waals surface area contributed by atoms with Gasteiger partial charge in [0.2, 0.25) is 5.91 Å². The van der Waals surface area contributed by atoms with Crippen LogP contribution in [0.2, 0.25) is 0 Å². The second-order valence-electron chi connectivity index (χ2n) is 7.03. The normalized spacial score (nSPS) is 30.2. The average Bonchev–Trinajstić information content (AvgIpc) is 3.22. The number of amides is 1. The highest BCUT2D eigenvalue weighted by molar-refractivity contribution is 7.09. The summed E-state index contributed by atoms with van der Waals surface area (Å²) in [6, 6.07) is 0.943. The molecular formula is C17H27N3OS. The number of nitrogens with zero attached hydrogens (tertiary/aromatic N) is 1. The number of fused-ring (bicyclic) bond motifs is 2. The molecule has 1 aromatic rings. The van der Waals surface area contributed by atoms with E-state index in [1.54, 1.807) is 11.3 Å². The molecule has 2 bridgehead atoms. The molecule has 2 aliphatic rings. The fourth-order valence-electron chi connectivity index (χ4n) is 3.96. The molecule has 1 amide bonds. The fraction of sp³-hybridized carbons (Fsp3) is 0.765. The zero-order valence-electron chi connectivity index (χ0n) is 13.8. The molecule has 0 aromatic carbocycles. The summed E-state index contributed by atoms with van der Waals surface area (Å²) in [5.41, 5.74) is 0.989. The Balaban J connectivity index is 1.53. The molecule has 0 saturated carbocycles. The molecular weight excluding hydrogens is 294 g/mol. The van der Waals surface area contributed by atoms with Gasteiger partial charge in [-0.2, -0.15) is 0 Å². The molecule has 2 saturated heterocycles. The van der Waals surface area contributed by atoms with Gasteiger partial charge in [-0.3, -0.25) is 4.79 Å². The van der Waals surface area contributed by atoms with Crippen LogP contribution in [0, 0.1) is 5.41 Å². The number of hydrogen-bond acceptors (Lipinski definition) is 4. The fourth-order valence-corrected chi connectivity index (χ4v) is 4.92. The topological polar surface area (TPSA) is 54.0 Å². The first-order valence-electron chi connectivity index (χ1n) is 8.54. The lowest BCUT2D eigenvalue weighted by molar-refractivity contribution is -0.132. The highest BCUT2D eigenvalue weighted by Gasteiger charge is 2.54. The highest BCUT2D eigenvalue weighted by atomic mass is 32.1. The Kier molecular flexibility index (Phi) is 4.55. The van der Waals surface area contributed by atoms with E-state index in [2.05, 4.69) is 41.8 Å². The number of nitrogens with one attached hydrogen (secondary N) is 2. The third-order valence-electron chi connectivity index (χ3n) is 5.39. The monoisotopic (exact) mass is 321 g/mol. The van der Waals surface area contributed by atoms with Gasteiger partial charge < -0.3 is 10.6 Å². The maximum atomic E-state index is 12.7. The molecule has 0 aliphatic carbocycles. The lowest BCUT2D eigenvalue weighted by Gasteiger charge is -2.34. The number of hydrogen-bond donors (Lipinski definition) is 2. The second-order valence-corrected chi connectivity index (χ2v) is 7.98. The smallest absolute Gasteiger partial charge is 0.227 e. The molecule has 122 valence electrons. The van der Waals surface area contributed by atoms with Crippen molar-refractivity contribution in [2.24, 2.45) is 5.41 Å². The van der Waals surface area contributed by atoms with Crippen LogP contribution in [0.3, 0.4) is 0 Å². The number of rotatable bonds is 6. The van der Waals surface area contributed by atoms with Gasteiger partial charge in [0.15, 0.2) is 0 Å². The molecule has 1 aromatic heterocycles. The van der Waals surface area contributed by atoms with Crippen molar-refractivity contribution in [2.75, 3.05) is 6.54 Å². The van der Waals surface area contributed by atoms with Gasteiger partial charge in [0.1, 0.15) is 0 Å². The SMILES string of the molecule is CC[C@@]1(C(=O)NCCc2nc(C(C)C)cs2)C[C@@H]2CC[C@H]1N2. The average molecular weight is 321 g/mol. The highest BCUT2D eigenvalue weighted by Crippen LogP contribution is 2.45. The summed E-state index contributed by atoms with van der Waals surface area (Å²) in [6.45, 7) is 7.17. The van der Waals surface area contributed by atoms with Crippen LogP contribution < -0.4 is 10.6 Å². The Hall–Kier alpha value is -0.940. The van der Waals surface area contributed by atoms with Crippen molar-refractivity contribution < 1.29 is 4.79 Å². The summed E-state index contributed by atoms with van der Waals surface area (Å²) in [4.78, 5) is 17.4. The quantitative estimate of drug-likeness (QED) is 0.847. The zero-order valence-corrected chi connectivity index (χ0v) is 14.6. The molecule has 3 heterocycles. The number of thiazole rings is 1. The lowest BCUT2D eigenvalue weighted by atomic mass is 9.71. The predicted octanol–water partition coefficient (Wildman–Crippen LogP) is 2.85. The van der Waals surface area contributed by atoms with Gasteiger partial charge >= 0.3 is 0 Å². The van der Waals surface area contributed by atoms with Gasteiger partial charge in [-0.15, -0.1) is 11.3 Å². The van der Waals surface area contributed by atoms with Crippen molar-refractivity contribution in [1.29, 1.82) is 0 Å². The van der Waals surface area contributed by atoms with E-state index in [0.717, 1.165) is 36.4 Å². The Morgan fingerprint density at radius 3 is 2.91 bits per heavy atom. The van der Waals surface area contributed by atoms with Gasteiger partial charge in [0.25, 0.3) is 0 Å². The Morgan fingerprint density at radius 1 is 1.55 bits per heavy atom. The number of carbonyl (C=O) groups is 1. The van der Waals surface area contributed by atoms with Crippen molar-refractivity contribution in [3.8, 4) is 0 Å². The van der Waals surface area contributed by atoms with Crippen molar-refractivity contribution in [2.45, 2.75) is 70.9 Å². The first-order chi connectivity index (χ1) is 10.5. The summed E-state index contributed by atoms with van der Waals surface area (Å²) < 4.78 is 0. The third kappa shape index (κ3) is 2.81. The molecule has 0 spiro atoms. The summed E-state index contributed by atoms with van der Waals surface area (Å²) in [5, 5.41) is 10.0. The molecule has 2 N–H and O–H groups in total. The minimum Gasteiger partial charge on any atom is -0.355 e. The van der Waals surface area contributed by atoms with Crippen LogP contribution in [0.4, 0.5) is 0 Å². The second kappa shape index (κ2) is 6.28. The molecule has 2 fully saturated rings. The van der Waals surface area contributed by atoms with Crippen LogP contribution in [0.25, 0.3) is 0 Å². The van der Waals surface area contributed by atoms with E-state index in [-0.39, 0.29) is 11.3 Å². The molecule has 4 nitrogen and oxygen atoms in total. The van der Waals surface area contributed by atoms with E-state index >= 15 is 0 Å². The number of aromatic nitrogens is 1. The van der Waals surface area contributed by atoms with Crippen LogP contribution >= 0.6 is 11.3 Å². The van der Waals surface area contributed by atoms with Crippen LogP contribution in [0.1, 0.15) is 63.1 Å². The molecule has 0 radical (unpaired) electrons. The minimum atomic E-state index is -0.172. The van der Waals surface area contributed by atoms with Crippen LogP contribution in [-0.2, 0) is 11.2 Å². The van der Waals surface area contributed by atoms with Crippen LogP contribution in [0.5, 0.6) is 0 Å². The molecule has 0 unspecified atom stereocenters. The van der Waals surface area contributed by atoms with E-state index in [1.165, 1.54) is 6.42 Å². The van der Waals surface area contributed by atoms with Crippen molar-refractivity contribution in [1.82, 2.24) is 15.6 Å². The van der Waals surface area contributed by atoms with E-state index in [0.29, 0.717) is 24.5 Å². The van der Waals surface area contributed by atoms with Gasteiger partial charge in [-0.1, -0.05) is 20.8 Å². The maximum absolute atomic E-state index is 12.7. The third-order valence-corrected chi connectivity index (χ3v) is 6.31. The van der Waals surface area contributed by atoms with Crippen molar-refractivity contribution in [3.05, 3.63) is 16.1 Å². The zero-order chi connectivity index (χ0) is 15.7. The molecule has 3 atom stereocenters.